The first kappa shape index (κ1) is 15.0. The molecule has 0 saturated carbocycles. The number of pyridine rings is 1. The van der Waals surface area contributed by atoms with E-state index < -0.39 is 23.7 Å². The van der Waals surface area contributed by atoms with E-state index in [1.165, 1.54) is 16.5 Å². The minimum Gasteiger partial charge on any atom is -0.480 e. The largest absolute Gasteiger partial charge is 0.480 e. The molecule has 21 heavy (non-hydrogen) atoms. The number of rotatable bonds is 5. The van der Waals surface area contributed by atoms with Crippen LogP contribution in [0.3, 0.4) is 0 Å². The lowest BCUT2D eigenvalue weighted by atomic mass is 10.1. The van der Waals surface area contributed by atoms with Crippen molar-refractivity contribution in [2.24, 2.45) is 0 Å². The Labute approximate surface area is 120 Å². The number of nitrogens with zero attached hydrogens (tertiary/aromatic N) is 2. The van der Waals surface area contributed by atoms with Gasteiger partial charge in [-0.2, -0.15) is 0 Å². The van der Waals surface area contributed by atoms with Gasteiger partial charge in [0.05, 0.1) is 5.69 Å². The molecule has 0 radical (unpaired) electrons. The van der Waals surface area contributed by atoms with Crippen LogP contribution >= 0.6 is 0 Å². The van der Waals surface area contributed by atoms with Crippen molar-refractivity contribution >= 4 is 17.5 Å². The molecule has 2 N–H and O–H groups in total. The third-order valence-electron chi connectivity index (χ3n) is 3.15. The average molecular weight is 293 g/mol. The number of hydrogen-bond acceptors (Lipinski definition) is 3. The lowest BCUT2D eigenvalue weighted by Gasteiger charge is -2.13. The molecule has 2 aromatic heterocycles. The van der Waals surface area contributed by atoms with E-state index in [9.17, 15) is 14.0 Å². The Balaban J connectivity index is 2.36. The highest BCUT2D eigenvalue weighted by atomic mass is 19.1. The number of carboxylic acid groups (broad SMARTS) is 1. The van der Waals surface area contributed by atoms with Crippen molar-refractivity contribution in [3.05, 3.63) is 35.5 Å². The van der Waals surface area contributed by atoms with Crippen LogP contribution < -0.4 is 5.32 Å². The van der Waals surface area contributed by atoms with Crippen molar-refractivity contribution < 1.29 is 19.1 Å². The van der Waals surface area contributed by atoms with Crippen LogP contribution in [0.15, 0.2) is 18.3 Å². The first-order valence-corrected chi connectivity index (χ1v) is 6.62. The number of carbonyl (C=O) groups is 2. The second-order valence-electron chi connectivity index (χ2n) is 4.77. The van der Waals surface area contributed by atoms with E-state index in [0.29, 0.717) is 24.2 Å². The second-order valence-corrected chi connectivity index (χ2v) is 4.77. The van der Waals surface area contributed by atoms with Crippen LogP contribution in [0.5, 0.6) is 0 Å². The van der Waals surface area contributed by atoms with Gasteiger partial charge in [-0.05, 0) is 25.5 Å². The summed E-state index contributed by atoms with van der Waals surface area (Å²) in [5, 5.41) is 11.5. The molecule has 0 bridgehead atoms. The van der Waals surface area contributed by atoms with Gasteiger partial charge >= 0.3 is 5.97 Å². The Morgan fingerprint density at radius 2 is 2.19 bits per heavy atom. The zero-order valence-corrected chi connectivity index (χ0v) is 11.8. The van der Waals surface area contributed by atoms with Crippen molar-refractivity contribution in [2.75, 3.05) is 0 Å². The molecule has 7 heteroatoms. The minimum absolute atomic E-state index is 0.145. The lowest BCUT2D eigenvalue weighted by Crippen LogP contribution is -2.41. The van der Waals surface area contributed by atoms with Crippen LogP contribution in [-0.4, -0.2) is 32.4 Å². The predicted molar refractivity (Wildman–Crippen MR) is 73.7 cm³/mol. The highest BCUT2D eigenvalue weighted by Crippen LogP contribution is 2.13. The standard InChI is InChI=1S/C14H16FN3O3/c1-3-4-10(14(20)21)17-13(19)12-8(2)16-11-6-5-9(15)7-18(11)12/h5-7,10H,3-4H2,1-2H3,(H,17,19)(H,20,21). The number of aromatic nitrogens is 2. The number of imidazole rings is 1. The molecular weight excluding hydrogens is 277 g/mol. The zero-order chi connectivity index (χ0) is 15.6. The molecule has 0 spiro atoms. The van der Waals surface area contributed by atoms with Crippen LogP contribution in [0.1, 0.15) is 35.9 Å². The Morgan fingerprint density at radius 1 is 1.48 bits per heavy atom. The lowest BCUT2D eigenvalue weighted by molar-refractivity contribution is -0.139. The molecule has 0 aromatic carbocycles. The van der Waals surface area contributed by atoms with Gasteiger partial charge in [-0.25, -0.2) is 14.2 Å². The van der Waals surface area contributed by atoms with Gasteiger partial charge in [0.25, 0.3) is 5.91 Å². The van der Waals surface area contributed by atoms with Crippen molar-refractivity contribution in [3.63, 3.8) is 0 Å². The third kappa shape index (κ3) is 3.01. The summed E-state index contributed by atoms with van der Waals surface area (Å²) < 4.78 is 14.7. The van der Waals surface area contributed by atoms with E-state index in [0.717, 1.165) is 6.20 Å². The fourth-order valence-corrected chi connectivity index (χ4v) is 2.18. The van der Waals surface area contributed by atoms with Crippen LogP contribution in [0.2, 0.25) is 0 Å². The quantitative estimate of drug-likeness (QED) is 0.880. The summed E-state index contributed by atoms with van der Waals surface area (Å²) in [5.74, 6) is -2.17. The van der Waals surface area contributed by atoms with E-state index in [1.54, 1.807) is 6.92 Å². The highest BCUT2D eigenvalue weighted by molar-refractivity contribution is 5.96. The second kappa shape index (κ2) is 5.90. The number of amides is 1. The minimum atomic E-state index is -1.09. The predicted octanol–water partition coefficient (Wildman–Crippen LogP) is 1.76. The number of aliphatic carboxylic acids is 1. The SMILES string of the molecule is CCCC(NC(=O)c1c(C)nc2ccc(F)cn12)C(=O)O. The Kier molecular flexibility index (Phi) is 4.21. The smallest absolute Gasteiger partial charge is 0.326 e. The van der Waals surface area contributed by atoms with Crippen molar-refractivity contribution in [3.8, 4) is 0 Å². The van der Waals surface area contributed by atoms with Gasteiger partial charge in [-0.1, -0.05) is 13.3 Å². The zero-order valence-electron chi connectivity index (χ0n) is 11.8. The molecule has 1 amide bonds. The van der Waals surface area contributed by atoms with Gasteiger partial charge in [0.2, 0.25) is 0 Å². The molecule has 0 saturated heterocycles. The molecule has 0 aliphatic heterocycles. The van der Waals surface area contributed by atoms with Crippen LogP contribution in [0, 0.1) is 12.7 Å². The maximum Gasteiger partial charge on any atom is 0.326 e. The molecule has 0 aliphatic rings. The average Bonchev–Trinajstić information content (AvgIpc) is 2.73. The Hall–Kier alpha value is -2.44. The van der Waals surface area contributed by atoms with E-state index in [-0.39, 0.29) is 5.69 Å². The van der Waals surface area contributed by atoms with E-state index in [2.05, 4.69) is 10.3 Å². The summed E-state index contributed by atoms with van der Waals surface area (Å²) in [4.78, 5) is 27.5. The van der Waals surface area contributed by atoms with Gasteiger partial charge in [-0.15, -0.1) is 0 Å². The van der Waals surface area contributed by atoms with Crippen molar-refractivity contribution in [1.29, 1.82) is 0 Å². The molecule has 112 valence electrons. The number of fused-ring (bicyclic) bond motifs is 1. The molecule has 2 aromatic rings. The summed E-state index contributed by atoms with van der Waals surface area (Å²) in [6.07, 6.45) is 2.10. The fraction of sp³-hybridized carbons (Fsp3) is 0.357. The van der Waals surface area contributed by atoms with Gasteiger partial charge in [0, 0.05) is 6.20 Å². The summed E-state index contributed by atoms with van der Waals surface area (Å²) in [7, 11) is 0. The molecule has 6 nitrogen and oxygen atoms in total. The van der Waals surface area contributed by atoms with Crippen LogP contribution in [0.25, 0.3) is 5.65 Å². The normalized spacial score (nSPS) is 12.3. The van der Waals surface area contributed by atoms with Crippen molar-refractivity contribution in [2.45, 2.75) is 32.7 Å². The number of hydrogen-bond donors (Lipinski definition) is 2. The van der Waals surface area contributed by atoms with E-state index in [1.807, 2.05) is 6.92 Å². The number of halogens is 1. The molecule has 1 atom stereocenters. The first-order chi connectivity index (χ1) is 9.93. The fourth-order valence-electron chi connectivity index (χ4n) is 2.18. The van der Waals surface area contributed by atoms with E-state index >= 15 is 0 Å². The number of carbonyl (C=O) groups excluding carboxylic acids is 1. The van der Waals surface area contributed by atoms with Crippen LogP contribution in [-0.2, 0) is 4.79 Å². The first-order valence-electron chi connectivity index (χ1n) is 6.62. The monoisotopic (exact) mass is 293 g/mol. The summed E-state index contributed by atoms with van der Waals surface area (Å²) in [5.41, 5.74) is 0.993. The summed E-state index contributed by atoms with van der Waals surface area (Å²) >= 11 is 0. The molecule has 0 fully saturated rings. The van der Waals surface area contributed by atoms with Gasteiger partial charge < -0.3 is 10.4 Å². The topological polar surface area (TPSA) is 83.7 Å². The highest BCUT2D eigenvalue weighted by Gasteiger charge is 2.23. The number of carboxylic acids is 1. The maximum atomic E-state index is 13.3. The van der Waals surface area contributed by atoms with Crippen LogP contribution in [0.4, 0.5) is 4.39 Å². The molecule has 2 heterocycles. The number of nitrogens with one attached hydrogen (secondary N) is 1. The van der Waals surface area contributed by atoms with E-state index in [4.69, 9.17) is 5.11 Å². The summed E-state index contributed by atoms with van der Waals surface area (Å²) in [6.45, 7) is 3.45. The van der Waals surface area contributed by atoms with Gasteiger partial charge in [0.15, 0.2) is 0 Å². The Bertz CT molecular complexity index is 696. The molecular formula is C14H16FN3O3. The van der Waals surface area contributed by atoms with Crippen molar-refractivity contribution in [1.82, 2.24) is 14.7 Å². The van der Waals surface area contributed by atoms with Gasteiger partial charge in [0.1, 0.15) is 23.2 Å². The molecule has 2 rings (SSSR count). The third-order valence-corrected chi connectivity index (χ3v) is 3.15. The molecule has 0 aliphatic carbocycles. The molecule has 1 unspecified atom stereocenters. The van der Waals surface area contributed by atoms with Gasteiger partial charge in [-0.3, -0.25) is 9.20 Å². The maximum absolute atomic E-state index is 13.3. The number of aryl methyl sites for hydroxylation is 1. The summed E-state index contributed by atoms with van der Waals surface area (Å²) in [6, 6.07) is 1.74. The Morgan fingerprint density at radius 3 is 2.81 bits per heavy atom.